The number of benzene rings is 1. The number of hydrogen-bond donors (Lipinski definition) is 1. The fourth-order valence-electron chi connectivity index (χ4n) is 3.26. The topological polar surface area (TPSA) is 88.5 Å². The van der Waals surface area contributed by atoms with E-state index in [1.807, 2.05) is 6.07 Å². The first kappa shape index (κ1) is 20.2. The van der Waals surface area contributed by atoms with Crippen LogP contribution in [-0.4, -0.2) is 19.1 Å². The normalized spacial score (nSPS) is 11.5. The summed E-state index contributed by atoms with van der Waals surface area (Å²) < 4.78 is 42.8. The van der Waals surface area contributed by atoms with Crippen LogP contribution in [0.25, 0.3) is 16.7 Å². The van der Waals surface area contributed by atoms with Crippen molar-refractivity contribution in [3.05, 3.63) is 82.3 Å². The fourth-order valence-corrected chi connectivity index (χ4v) is 3.26. The van der Waals surface area contributed by atoms with Gasteiger partial charge in [-0.1, -0.05) is 18.2 Å². The van der Waals surface area contributed by atoms with Crippen LogP contribution in [0.15, 0.2) is 59.8 Å². The van der Waals surface area contributed by atoms with Crippen molar-refractivity contribution in [2.24, 2.45) is 7.05 Å². The molecule has 0 saturated heterocycles. The van der Waals surface area contributed by atoms with Crippen LogP contribution in [0.5, 0.6) is 0 Å². The van der Waals surface area contributed by atoms with E-state index in [2.05, 4.69) is 15.3 Å². The Hall–Kier alpha value is -4.13. The Morgan fingerprint density at radius 3 is 2.52 bits per heavy atom. The maximum Gasteiger partial charge on any atom is 0.433 e. The standard InChI is InChI=1S/C21H15F3N6O/c1-29-12-26-10-14(29)11-27-18-15-7-8-17(21(22,23)24)28-19(15)30(20(31)16(18)9-25)13-5-3-2-4-6-13/h2-8,10,12,27H,11H2,1H3. The number of nitriles is 1. The quantitative estimate of drug-likeness (QED) is 0.541. The van der Waals surface area contributed by atoms with Crippen molar-refractivity contribution in [3.63, 3.8) is 0 Å². The molecular formula is C21H15F3N6O. The van der Waals surface area contributed by atoms with E-state index in [0.29, 0.717) is 5.69 Å². The van der Waals surface area contributed by atoms with Gasteiger partial charge in [0.05, 0.1) is 29.9 Å². The van der Waals surface area contributed by atoms with Gasteiger partial charge in [-0.2, -0.15) is 18.4 Å². The van der Waals surface area contributed by atoms with Gasteiger partial charge in [-0.05, 0) is 24.3 Å². The Morgan fingerprint density at radius 1 is 1.16 bits per heavy atom. The van der Waals surface area contributed by atoms with Gasteiger partial charge in [-0.3, -0.25) is 9.36 Å². The second kappa shape index (κ2) is 7.60. The number of nitrogens with one attached hydrogen (secondary N) is 1. The van der Waals surface area contributed by atoms with Gasteiger partial charge in [0.15, 0.2) is 0 Å². The zero-order chi connectivity index (χ0) is 22.2. The van der Waals surface area contributed by atoms with Crippen LogP contribution in [0, 0.1) is 11.3 Å². The molecule has 0 saturated carbocycles. The van der Waals surface area contributed by atoms with Crippen molar-refractivity contribution in [2.75, 3.05) is 5.32 Å². The van der Waals surface area contributed by atoms with Crippen molar-refractivity contribution in [1.82, 2.24) is 19.1 Å². The molecule has 3 heterocycles. The maximum absolute atomic E-state index is 13.3. The van der Waals surface area contributed by atoms with Crippen molar-refractivity contribution < 1.29 is 13.2 Å². The molecule has 0 aliphatic heterocycles. The number of para-hydroxylation sites is 1. The van der Waals surface area contributed by atoms with Gasteiger partial charge in [-0.25, -0.2) is 9.97 Å². The largest absolute Gasteiger partial charge is 0.433 e. The second-order valence-electron chi connectivity index (χ2n) is 6.75. The minimum absolute atomic E-state index is 0.122. The van der Waals surface area contributed by atoms with Gasteiger partial charge >= 0.3 is 6.18 Å². The monoisotopic (exact) mass is 424 g/mol. The summed E-state index contributed by atoms with van der Waals surface area (Å²) in [6, 6.07) is 12.1. The van der Waals surface area contributed by atoms with E-state index in [0.717, 1.165) is 16.3 Å². The van der Waals surface area contributed by atoms with E-state index >= 15 is 0 Å². The SMILES string of the molecule is Cn1cncc1CNc1c(C#N)c(=O)n(-c2ccccc2)c2nc(C(F)(F)F)ccc12. The third-order valence-electron chi connectivity index (χ3n) is 4.80. The summed E-state index contributed by atoms with van der Waals surface area (Å²) >= 11 is 0. The van der Waals surface area contributed by atoms with Crippen molar-refractivity contribution in [3.8, 4) is 11.8 Å². The molecule has 4 rings (SSSR count). The van der Waals surface area contributed by atoms with Crippen molar-refractivity contribution in [1.29, 1.82) is 5.26 Å². The molecular weight excluding hydrogens is 409 g/mol. The molecule has 1 N–H and O–H groups in total. The maximum atomic E-state index is 13.3. The third-order valence-corrected chi connectivity index (χ3v) is 4.80. The highest BCUT2D eigenvalue weighted by atomic mass is 19.4. The number of alkyl halides is 3. The Morgan fingerprint density at radius 2 is 1.90 bits per heavy atom. The van der Waals surface area contributed by atoms with Crippen LogP contribution in [0.2, 0.25) is 0 Å². The van der Waals surface area contributed by atoms with Crippen LogP contribution in [0.1, 0.15) is 17.0 Å². The average Bonchev–Trinajstić information content (AvgIpc) is 3.16. The zero-order valence-corrected chi connectivity index (χ0v) is 16.2. The van der Waals surface area contributed by atoms with Crippen LogP contribution in [-0.2, 0) is 19.8 Å². The van der Waals surface area contributed by atoms with Crippen molar-refractivity contribution >= 4 is 16.7 Å². The first-order chi connectivity index (χ1) is 14.8. The zero-order valence-electron chi connectivity index (χ0n) is 16.2. The average molecular weight is 424 g/mol. The van der Waals surface area contributed by atoms with Gasteiger partial charge in [0.1, 0.15) is 23.0 Å². The minimum Gasteiger partial charge on any atom is -0.378 e. The number of fused-ring (bicyclic) bond motifs is 1. The molecule has 0 radical (unpaired) electrons. The Kier molecular flexibility index (Phi) is 4.94. The number of imidazole rings is 1. The molecule has 0 amide bonds. The van der Waals surface area contributed by atoms with E-state index in [1.54, 1.807) is 54.5 Å². The number of halogens is 3. The number of aromatic nitrogens is 4. The predicted molar refractivity (Wildman–Crippen MR) is 108 cm³/mol. The Labute approximate surface area is 174 Å². The van der Waals surface area contributed by atoms with Crippen molar-refractivity contribution in [2.45, 2.75) is 12.7 Å². The summed E-state index contributed by atoms with van der Waals surface area (Å²) in [5.41, 5.74) is -1.13. The van der Waals surface area contributed by atoms with Gasteiger partial charge in [0.2, 0.25) is 0 Å². The molecule has 4 aromatic rings. The lowest BCUT2D eigenvalue weighted by atomic mass is 10.1. The minimum atomic E-state index is -4.69. The van der Waals surface area contributed by atoms with E-state index in [9.17, 15) is 23.2 Å². The fraction of sp³-hybridized carbons (Fsp3) is 0.143. The molecule has 0 aliphatic rings. The third kappa shape index (κ3) is 3.61. The van der Waals surface area contributed by atoms with Gasteiger partial charge in [0, 0.05) is 18.6 Å². The molecule has 0 atom stereocenters. The first-order valence-corrected chi connectivity index (χ1v) is 9.13. The van der Waals surface area contributed by atoms with Crippen LogP contribution < -0.4 is 10.9 Å². The molecule has 0 bridgehead atoms. The molecule has 31 heavy (non-hydrogen) atoms. The lowest BCUT2D eigenvalue weighted by Crippen LogP contribution is -2.25. The first-order valence-electron chi connectivity index (χ1n) is 9.13. The molecule has 7 nitrogen and oxygen atoms in total. The lowest BCUT2D eigenvalue weighted by molar-refractivity contribution is -0.141. The van der Waals surface area contributed by atoms with Crippen LogP contribution in [0.4, 0.5) is 18.9 Å². The van der Waals surface area contributed by atoms with Gasteiger partial charge in [0.25, 0.3) is 5.56 Å². The Bertz CT molecular complexity index is 1370. The number of aryl methyl sites for hydroxylation is 1. The van der Waals surface area contributed by atoms with Crippen LogP contribution in [0.3, 0.4) is 0 Å². The second-order valence-corrected chi connectivity index (χ2v) is 6.75. The smallest absolute Gasteiger partial charge is 0.378 e. The molecule has 1 aromatic carbocycles. The summed E-state index contributed by atoms with van der Waals surface area (Å²) in [5, 5.41) is 12.9. The van der Waals surface area contributed by atoms with Crippen LogP contribution >= 0.6 is 0 Å². The summed E-state index contributed by atoms with van der Waals surface area (Å²) in [4.78, 5) is 20.9. The summed E-state index contributed by atoms with van der Waals surface area (Å²) in [6.07, 6.45) is -1.50. The summed E-state index contributed by atoms with van der Waals surface area (Å²) in [5.74, 6) is 0. The highest BCUT2D eigenvalue weighted by molar-refractivity contribution is 5.93. The molecule has 0 spiro atoms. The summed E-state index contributed by atoms with van der Waals surface area (Å²) in [6.45, 7) is 0.204. The highest BCUT2D eigenvalue weighted by Gasteiger charge is 2.33. The highest BCUT2D eigenvalue weighted by Crippen LogP contribution is 2.32. The molecule has 0 fully saturated rings. The van der Waals surface area contributed by atoms with E-state index in [4.69, 9.17) is 0 Å². The number of hydrogen-bond acceptors (Lipinski definition) is 5. The predicted octanol–water partition coefficient (Wildman–Crippen LogP) is 3.62. The van der Waals surface area contributed by atoms with E-state index < -0.39 is 17.4 Å². The van der Waals surface area contributed by atoms with E-state index in [1.165, 1.54) is 6.07 Å². The number of rotatable bonds is 4. The molecule has 10 heteroatoms. The van der Waals surface area contributed by atoms with Gasteiger partial charge in [-0.15, -0.1) is 0 Å². The Balaban J connectivity index is 2.01. The lowest BCUT2D eigenvalue weighted by Gasteiger charge is -2.17. The molecule has 3 aromatic heterocycles. The molecule has 0 unspecified atom stereocenters. The number of anilines is 1. The van der Waals surface area contributed by atoms with Gasteiger partial charge < -0.3 is 9.88 Å². The van der Waals surface area contributed by atoms with E-state index in [-0.39, 0.29) is 28.8 Å². The number of pyridine rings is 2. The molecule has 156 valence electrons. The molecule has 0 aliphatic carbocycles. The number of nitrogens with zero attached hydrogens (tertiary/aromatic N) is 5. The summed E-state index contributed by atoms with van der Waals surface area (Å²) in [7, 11) is 1.78.